The van der Waals surface area contributed by atoms with E-state index in [9.17, 15) is 24.1 Å². The Balaban J connectivity index is 2.01. The first kappa shape index (κ1) is 18.1. The van der Waals surface area contributed by atoms with Crippen LogP contribution in [-0.2, 0) is 9.53 Å². The number of hydrogen-bond acceptors (Lipinski definition) is 6. The van der Waals surface area contributed by atoms with Gasteiger partial charge in [0, 0.05) is 16.8 Å². The van der Waals surface area contributed by atoms with Crippen LogP contribution in [-0.4, -0.2) is 23.4 Å². The topological polar surface area (TPSA) is 125 Å². The molecule has 0 aliphatic heterocycles. The third-order valence-corrected chi connectivity index (χ3v) is 3.23. The lowest BCUT2D eigenvalue weighted by atomic mass is 10.2. The number of hydrogen-bond donors (Lipinski definition) is 2. The lowest BCUT2D eigenvalue weighted by molar-refractivity contribution is -0.383. The molecule has 2 aromatic carbocycles. The minimum Gasteiger partial charge on any atom is -0.452 e. The number of benzene rings is 2. The maximum Gasteiger partial charge on any atom is 0.340 e. The summed E-state index contributed by atoms with van der Waals surface area (Å²) in [6.45, 7) is -0.713. The molecule has 0 radical (unpaired) electrons. The summed E-state index contributed by atoms with van der Waals surface area (Å²) in [5, 5.41) is 13.3. The Kier molecular flexibility index (Phi) is 5.50. The van der Waals surface area contributed by atoms with Crippen molar-refractivity contribution >= 4 is 40.5 Å². The van der Waals surface area contributed by atoms with Crippen LogP contribution in [0.1, 0.15) is 10.4 Å². The number of nitrogen functional groups attached to an aromatic ring is 1. The van der Waals surface area contributed by atoms with Crippen LogP contribution >= 0.6 is 11.6 Å². The van der Waals surface area contributed by atoms with Crippen molar-refractivity contribution in [2.24, 2.45) is 0 Å². The summed E-state index contributed by atoms with van der Waals surface area (Å²) < 4.78 is 17.7. The fraction of sp³-hybridized carbons (Fsp3) is 0.0667. The molecule has 0 saturated carbocycles. The van der Waals surface area contributed by atoms with E-state index in [1.807, 2.05) is 0 Å². The SMILES string of the molecule is Nc1cc(F)ccc1C(=O)OCC(=O)Nc1ccc(Cl)cc1[N+](=O)[O-]. The van der Waals surface area contributed by atoms with Crippen molar-refractivity contribution in [1.82, 2.24) is 0 Å². The molecule has 0 bridgehead atoms. The number of halogens is 2. The third kappa shape index (κ3) is 4.64. The number of nitrogens with zero attached hydrogens (tertiary/aromatic N) is 1. The van der Waals surface area contributed by atoms with E-state index >= 15 is 0 Å². The highest BCUT2D eigenvalue weighted by Gasteiger charge is 2.18. The summed E-state index contributed by atoms with van der Waals surface area (Å²) in [6, 6.07) is 6.75. The molecule has 0 heterocycles. The number of carbonyl (C=O) groups excluding carboxylic acids is 2. The van der Waals surface area contributed by atoms with Gasteiger partial charge in [-0.05, 0) is 30.3 Å². The summed E-state index contributed by atoms with van der Waals surface area (Å²) in [6.07, 6.45) is 0. The lowest BCUT2D eigenvalue weighted by Crippen LogP contribution is -2.21. The molecule has 0 aliphatic carbocycles. The molecule has 130 valence electrons. The molecule has 8 nitrogen and oxygen atoms in total. The van der Waals surface area contributed by atoms with Gasteiger partial charge in [0.1, 0.15) is 11.5 Å². The predicted molar refractivity (Wildman–Crippen MR) is 87.8 cm³/mol. The number of nitrogens with one attached hydrogen (secondary N) is 1. The standard InChI is InChI=1S/C15H11ClFN3O5/c16-8-1-4-12(13(5-8)20(23)24)19-14(21)7-25-15(22)10-3-2-9(17)6-11(10)18/h1-6H,7,18H2,(H,19,21). The molecule has 0 unspecified atom stereocenters. The van der Waals surface area contributed by atoms with E-state index in [1.54, 1.807) is 0 Å². The molecule has 2 rings (SSSR count). The Hall–Kier alpha value is -3.20. The van der Waals surface area contributed by atoms with Crippen LogP contribution in [0.25, 0.3) is 0 Å². The van der Waals surface area contributed by atoms with Crippen molar-refractivity contribution < 1.29 is 23.6 Å². The molecule has 1 amide bonds. The maximum absolute atomic E-state index is 12.9. The number of amides is 1. The van der Waals surface area contributed by atoms with Gasteiger partial charge in [-0.2, -0.15) is 0 Å². The van der Waals surface area contributed by atoms with Gasteiger partial charge >= 0.3 is 5.97 Å². The summed E-state index contributed by atoms with van der Waals surface area (Å²) in [5.74, 6) is -2.36. The minimum absolute atomic E-state index is 0.100. The van der Waals surface area contributed by atoms with E-state index in [0.717, 1.165) is 24.3 Å². The Morgan fingerprint density at radius 3 is 2.64 bits per heavy atom. The largest absolute Gasteiger partial charge is 0.452 e. The number of anilines is 2. The summed E-state index contributed by atoms with van der Waals surface area (Å²) >= 11 is 5.67. The average molecular weight is 368 g/mol. The predicted octanol–water partition coefficient (Wildman–Crippen LogP) is 2.77. The van der Waals surface area contributed by atoms with E-state index in [0.29, 0.717) is 0 Å². The first-order valence-electron chi connectivity index (χ1n) is 6.74. The highest BCUT2D eigenvalue weighted by molar-refractivity contribution is 6.31. The molecule has 0 aliphatic rings. The molecule has 0 fully saturated rings. The Bertz CT molecular complexity index is 859. The Morgan fingerprint density at radius 1 is 1.28 bits per heavy atom. The van der Waals surface area contributed by atoms with Crippen LogP contribution in [0, 0.1) is 15.9 Å². The molecule has 10 heteroatoms. The molecule has 0 aromatic heterocycles. The van der Waals surface area contributed by atoms with Gasteiger partial charge in [0.15, 0.2) is 6.61 Å². The highest BCUT2D eigenvalue weighted by atomic mass is 35.5. The summed E-state index contributed by atoms with van der Waals surface area (Å²) in [5.41, 5.74) is 4.74. The van der Waals surface area contributed by atoms with E-state index < -0.39 is 34.9 Å². The van der Waals surface area contributed by atoms with Crippen molar-refractivity contribution in [2.45, 2.75) is 0 Å². The second kappa shape index (κ2) is 7.58. The summed E-state index contributed by atoms with van der Waals surface area (Å²) in [4.78, 5) is 33.9. The van der Waals surface area contributed by atoms with E-state index in [4.69, 9.17) is 22.1 Å². The normalized spacial score (nSPS) is 10.2. The fourth-order valence-electron chi connectivity index (χ4n) is 1.88. The number of nitro groups is 1. The molecular weight excluding hydrogens is 357 g/mol. The van der Waals surface area contributed by atoms with Crippen LogP contribution in [0.5, 0.6) is 0 Å². The molecule has 0 atom stereocenters. The van der Waals surface area contributed by atoms with Crippen LogP contribution in [0.2, 0.25) is 5.02 Å². The van der Waals surface area contributed by atoms with Gasteiger partial charge < -0.3 is 15.8 Å². The third-order valence-electron chi connectivity index (χ3n) is 3.00. The van der Waals surface area contributed by atoms with E-state index in [1.165, 1.54) is 12.1 Å². The number of nitrogens with two attached hydrogens (primary N) is 1. The monoisotopic (exact) mass is 367 g/mol. The smallest absolute Gasteiger partial charge is 0.340 e. The second-order valence-corrected chi connectivity index (χ2v) is 5.21. The van der Waals surface area contributed by atoms with Crippen LogP contribution in [0.15, 0.2) is 36.4 Å². The highest BCUT2D eigenvalue weighted by Crippen LogP contribution is 2.27. The number of carbonyl (C=O) groups is 2. The van der Waals surface area contributed by atoms with Crippen LogP contribution in [0.4, 0.5) is 21.5 Å². The molecule has 0 saturated heterocycles. The first-order chi connectivity index (χ1) is 11.8. The number of rotatable bonds is 5. The molecule has 3 N–H and O–H groups in total. The van der Waals surface area contributed by atoms with Crippen LogP contribution in [0.3, 0.4) is 0 Å². The van der Waals surface area contributed by atoms with Crippen LogP contribution < -0.4 is 11.1 Å². The Labute approximate surface area is 145 Å². The second-order valence-electron chi connectivity index (χ2n) is 4.77. The van der Waals surface area contributed by atoms with Crippen molar-refractivity contribution in [3.8, 4) is 0 Å². The van der Waals surface area contributed by atoms with Crippen molar-refractivity contribution in [3.05, 3.63) is 62.9 Å². The zero-order valence-electron chi connectivity index (χ0n) is 12.5. The summed E-state index contributed by atoms with van der Waals surface area (Å²) in [7, 11) is 0. The van der Waals surface area contributed by atoms with Gasteiger partial charge in [0.2, 0.25) is 0 Å². The van der Waals surface area contributed by atoms with E-state index in [-0.39, 0.29) is 22.0 Å². The molecule has 0 spiro atoms. The van der Waals surface area contributed by atoms with Gasteiger partial charge in [-0.25, -0.2) is 9.18 Å². The molecule has 2 aromatic rings. The van der Waals surface area contributed by atoms with Gasteiger partial charge in [0.25, 0.3) is 11.6 Å². The minimum atomic E-state index is -0.932. The molecule has 25 heavy (non-hydrogen) atoms. The zero-order chi connectivity index (χ0) is 18.6. The zero-order valence-corrected chi connectivity index (χ0v) is 13.2. The fourth-order valence-corrected chi connectivity index (χ4v) is 2.04. The maximum atomic E-state index is 12.9. The Morgan fingerprint density at radius 2 is 2.00 bits per heavy atom. The van der Waals surface area contributed by atoms with Crippen molar-refractivity contribution in [1.29, 1.82) is 0 Å². The van der Waals surface area contributed by atoms with Gasteiger partial charge in [-0.3, -0.25) is 14.9 Å². The average Bonchev–Trinajstić information content (AvgIpc) is 2.54. The lowest BCUT2D eigenvalue weighted by Gasteiger charge is -2.08. The molecular formula is C15H11ClFN3O5. The van der Waals surface area contributed by atoms with Gasteiger partial charge in [0.05, 0.1) is 10.5 Å². The number of nitro benzene ring substituents is 1. The quantitative estimate of drug-likeness (QED) is 0.362. The first-order valence-corrected chi connectivity index (χ1v) is 7.11. The van der Waals surface area contributed by atoms with Gasteiger partial charge in [-0.15, -0.1) is 0 Å². The number of ether oxygens (including phenoxy) is 1. The van der Waals surface area contributed by atoms with Crippen molar-refractivity contribution in [2.75, 3.05) is 17.7 Å². The number of esters is 1. The van der Waals surface area contributed by atoms with E-state index in [2.05, 4.69) is 5.32 Å². The van der Waals surface area contributed by atoms with Gasteiger partial charge in [-0.1, -0.05) is 11.6 Å². The van der Waals surface area contributed by atoms with Crippen molar-refractivity contribution in [3.63, 3.8) is 0 Å².